The molecule has 4 heterocycles. The predicted octanol–water partition coefficient (Wildman–Crippen LogP) is 2.56. The fourth-order valence-electron chi connectivity index (χ4n) is 4.50. The van der Waals surface area contributed by atoms with E-state index in [1.165, 1.54) is 11.9 Å². The van der Waals surface area contributed by atoms with Gasteiger partial charge < -0.3 is 19.8 Å². The predicted molar refractivity (Wildman–Crippen MR) is 135 cm³/mol. The molecule has 0 saturated carbocycles. The number of hydrogen-bond acceptors (Lipinski definition) is 9. The molecule has 2 N–H and O–H groups in total. The summed E-state index contributed by atoms with van der Waals surface area (Å²) >= 11 is 0. The van der Waals surface area contributed by atoms with E-state index < -0.39 is 0 Å². The second-order valence-corrected chi connectivity index (χ2v) is 8.64. The Morgan fingerprint density at radius 1 is 1.03 bits per heavy atom. The van der Waals surface area contributed by atoms with E-state index in [9.17, 15) is 4.79 Å². The molecule has 0 spiro atoms. The Hall–Kier alpha value is -3.92. The fraction of sp³-hybridized carbons (Fsp3) is 0.360. The van der Waals surface area contributed by atoms with E-state index in [-0.39, 0.29) is 11.5 Å². The smallest absolute Gasteiger partial charge is 0.270 e. The van der Waals surface area contributed by atoms with Gasteiger partial charge >= 0.3 is 0 Å². The van der Waals surface area contributed by atoms with Gasteiger partial charge in [0.05, 0.1) is 13.3 Å². The summed E-state index contributed by atoms with van der Waals surface area (Å²) in [6.45, 7) is 6.81. The topological polar surface area (TPSA) is 116 Å². The van der Waals surface area contributed by atoms with Crippen LogP contribution in [-0.4, -0.2) is 64.3 Å². The Bertz CT molecular complexity index is 1380. The van der Waals surface area contributed by atoms with Crippen LogP contribution in [0.4, 0.5) is 11.6 Å². The molecule has 1 aliphatic heterocycles. The van der Waals surface area contributed by atoms with Crippen molar-refractivity contribution < 1.29 is 9.15 Å². The number of methoxy groups -OCH3 is 1. The summed E-state index contributed by atoms with van der Waals surface area (Å²) in [5.41, 5.74) is 8.38. The molecule has 182 valence electrons. The van der Waals surface area contributed by atoms with E-state index in [0.717, 1.165) is 44.1 Å². The van der Waals surface area contributed by atoms with E-state index in [1.54, 1.807) is 11.7 Å². The van der Waals surface area contributed by atoms with Crippen molar-refractivity contribution >= 4 is 22.8 Å². The first-order valence-electron chi connectivity index (χ1n) is 11.7. The van der Waals surface area contributed by atoms with Crippen LogP contribution >= 0.6 is 0 Å². The van der Waals surface area contributed by atoms with E-state index in [4.69, 9.17) is 14.9 Å². The Morgan fingerprint density at radius 3 is 2.60 bits per heavy atom. The average Bonchev–Trinajstić information content (AvgIpc) is 3.16. The molecular formula is C25H29N7O3. The van der Waals surface area contributed by atoms with Crippen molar-refractivity contribution in [3.8, 4) is 17.2 Å². The third-order valence-electron chi connectivity index (χ3n) is 6.35. The number of nitrogens with zero attached hydrogens (tertiary/aromatic N) is 6. The van der Waals surface area contributed by atoms with Gasteiger partial charge in [-0.05, 0) is 56.3 Å². The lowest BCUT2D eigenvalue weighted by Crippen LogP contribution is -2.34. The number of ether oxygens (including phenoxy) is 1. The lowest BCUT2D eigenvalue weighted by Gasteiger charge is -2.24. The zero-order valence-electron chi connectivity index (χ0n) is 20.0. The van der Waals surface area contributed by atoms with Crippen LogP contribution in [0.1, 0.15) is 12.2 Å². The molecule has 10 nitrogen and oxygen atoms in total. The third kappa shape index (κ3) is 4.83. The molecule has 1 saturated heterocycles. The molecule has 0 aliphatic carbocycles. The van der Waals surface area contributed by atoms with Crippen molar-refractivity contribution in [2.45, 2.75) is 19.9 Å². The average molecular weight is 476 g/mol. The minimum Gasteiger partial charge on any atom is -0.497 e. The van der Waals surface area contributed by atoms with Crippen molar-refractivity contribution in [3.05, 3.63) is 58.7 Å². The minimum absolute atomic E-state index is 0.0765. The molecule has 0 radical (unpaired) electrons. The van der Waals surface area contributed by atoms with Crippen LogP contribution in [0.2, 0.25) is 0 Å². The van der Waals surface area contributed by atoms with Crippen molar-refractivity contribution in [3.63, 3.8) is 0 Å². The largest absolute Gasteiger partial charge is 0.497 e. The van der Waals surface area contributed by atoms with Gasteiger partial charge in [0.1, 0.15) is 22.7 Å². The highest BCUT2D eigenvalue weighted by atomic mass is 16.5. The maximum Gasteiger partial charge on any atom is 0.270 e. The van der Waals surface area contributed by atoms with Gasteiger partial charge in [-0.15, -0.1) is 0 Å². The molecule has 0 atom stereocenters. The standard InChI is InChI=1S/C25H29N7O3/c1-17-4-9-20(35-17)22-23-24(29-25(26)28-22)32(21(33)16-27-23)15-13-30-10-3-11-31(14-12-30)18-5-7-19(34-2)8-6-18/h4-9,16H,3,10-15H2,1-2H3,(H2,26,28,29). The van der Waals surface area contributed by atoms with Gasteiger partial charge in [-0.3, -0.25) is 14.3 Å². The molecule has 10 heteroatoms. The molecule has 0 bridgehead atoms. The molecule has 5 rings (SSSR count). The molecule has 0 unspecified atom stereocenters. The summed E-state index contributed by atoms with van der Waals surface area (Å²) in [5, 5.41) is 0. The number of nitrogen functional groups attached to an aromatic ring is 1. The highest BCUT2D eigenvalue weighted by Crippen LogP contribution is 2.26. The normalized spacial score (nSPS) is 14.9. The van der Waals surface area contributed by atoms with Gasteiger partial charge in [0.25, 0.3) is 5.56 Å². The monoisotopic (exact) mass is 475 g/mol. The first-order chi connectivity index (χ1) is 17.0. The number of fused-ring (bicyclic) bond motifs is 1. The molecule has 1 aliphatic rings. The summed E-state index contributed by atoms with van der Waals surface area (Å²) in [4.78, 5) is 30.6. The first-order valence-corrected chi connectivity index (χ1v) is 11.7. The van der Waals surface area contributed by atoms with Gasteiger partial charge in [-0.1, -0.05) is 0 Å². The molecule has 1 fully saturated rings. The molecule has 1 aromatic carbocycles. The summed E-state index contributed by atoms with van der Waals surface area (Å²) in [6, 6.07) is 11.8. The quantitative estimate of drug-likeness (QED) is 0.449. The zero-order chi connectivity index (χ0) is 24.4. The summed E-state index contributed by atoms with van der Waals surface area (Å²) < 4.78 is 12.6. The Labute approximate surface area is 203 Å². The molecule has 0 amide bonds. The van der Waals surface area contributed by atoms with Crippen molar-refractivity contribution in [2.24, 2.45) is 0 Å². The van der Waals surface area contributed by atoms with Crippen LogP contribution in [0.5, 0.6) is 5.75 Å². The van der Waals surface area contributed by atoms with Gasteiger partial charge in [-0.25, -0.2) is 9.97 Å². The molecule has 3 aromatic heterocycles. The lowest BCUT2D eigenvalue weighted by molar-refractivity contribution is 0.281. The van der Waals surface area contributed by atoms with Gasteiger partial charge in [0.15, 0.2) is 11.4 Å². The van der Waals surface area contributed by atoms with E-state index in [2.05, 4.69) is 36.9 Å². The second-order valence-electron chi connectivity index (χ2n) is 8.64. The van der Waals surface area contributed by atoms with E-state index in [0.29, 0.717) is 35.7 Å². The Balaban J connectivity index is 1.34. The molecular weight excluding hydrogens is 446 g/mol. The van der Waals surface area contributed by atoms with Gasteiger partial charge in [0.2, 0.25) is 5.95 Å². The van der Waals surface area contributed by atoms with Crippen molar-refractivity contribution in [1.29, 1.82) is 0 Å². The van der Waals surface area contributed by atoms with Crippen LogP contribution in [0.15, 0.2) is 51.8 Å². The van der Waals surface area contributed by atoms with Crippen LogP contribution in [0.25, 0.3) is 22.6 Å². The van der Waals surface area contributed by atoms with Crippen molar-refractivity contribution in [1.82, 2.24) is 24.4 Å². The maximum absolute atomic E-state index is 12.8. The van der Waals surface area contributed by atoms with Crippen molar-refractivity contribution in [2.75, 3.05) is 50.5 Å². The number of furan rings is 1. The van der Waals surface area contributed by atoms with Crippen LogP contribution < -0.4 is 20.9 Å². The highest BCUT2D eigenvalue weighted by Gasteiger charge is 2.19. The maximum atomic E-state index is 12.8. The number of nitrogens with two attached hydrogens (primary N) is 1. The van der Waals surface area contributed by atoms with Crippen LogP contribution in [0.3, 0.4) is 0 Å². The first kappa shape index (κ1) is 22.9. The number of benzene rings is 1. The number of rotatable bonds is 6. The highest BCUT2D eigenvalue weighted by molar-refractivity contribution is 5.86. The SMILES string of the molecule is COc1ccc(N2CCCN(CCn3c(=O)cnc4c(-c5ccc(C)o5)nc(N)nc43)CC2)cc1. The number of anilines is 2. The zero-order valence-corrected chi connectivity index (χ0v) is 20.0. The number of aromatic nitrogens is 4. The summed E-state index contributed by atoms with van der Waals surface area (Å²) in [7, 11) is 1.68. The molecule has 4 aromatic rings. The lowest BCUT2D eigenvalue weighted by atomic mass is 10.2. The number of hydrogen-bond donors (Lipinski definition) is 1. The van der Waals surface area contributed by atoms with Crippen LogP contribution in [0, 0.1) is 6.92 Å². The van der Waals surface area contributed by atoms with Gasteiger partial charge in [0, 0.05) is 38.4 Å². The van der Waals surface area contributed by atoms with Crippen LogP contribution in [-0.2, 0) is 6.54 Å². The number of aryl methyl sites for hydroxylation is 1. The van der Waals surface area contributed by atoms with E-state index in [1.807, 2.05) is 31.2 Å². The Kier molecular flexibility index (Phi) is 6.37. The summed E-state index contributed by atoms with van der Waals surface area (Å²) in [5.74, 6) is 2.23. The molecule has 35 heavy (non-hydrogen) atoms. The van der Waals surface area contributed by atoms with Gasteiger partial charge in [-0.2, -0.15) is 4.98 Å². The minimum atomic E-state index is -0.216. The Morgan fingerprint density at radius 2 is 1.86 bits per heavy atom. The van der Waals surface area contributed by atoms with E-state index >= 15 is 0 Å². The summed E-state index contributed by atoms with van der Waals surface area (Å²) in [6.07, 6.45) is 2.35. The third-order valence-corrected chi connectivity index (χ3v) is 6.35. The fourth-order valence-corrected chi connectivity index (χ4v) is 4.50. The second kappa shape index (κ2) is 9.75.